The molecule has 1 saturated carbocycles. The fourth-order valence-electron chi connectivity index (χ4n) is 2.03. The molecule has 4 heteroatoms. The van der Waals surface area contributed by atoms with Crippen molar-refractivity contribution >= 4 is 0 Å². The molecule has 0 saturated heterocycles. The normalized spacial score (nSPS) is 15.1. The maximum Gasteiger partial charge on any atom is 0.0679 e. The molecule has 4 nitrogen and oxygen atoms in total. The zero-order valence-electron chi connectivity index (χ0n) is 11.5. The van der Waals surface area contributed by atoms with Gasteiger partial charge >= 0.3 is 0 Å². The Hall–Kier alpha value is -1.68. The summed E-state index contributed by atoms with van der Waals surface area (Å²) in [6.07, 6.45) is 6.48. The van der Waals surface area contributed by atoms with Gasteiger partial charge in [-0.1, -0.05) is 13.8 Å². The molecule has 3 rings (SSSR count). The van der Waals surface area contributed by atoms with Gasteiger partial charge in [0, 0.05) is 25.0 Å². The first-order valence-corrected chi connectivity index (χ1v) is 6.96. The fraction of sp³-hybridized carbons (Fsp3) is 0.467. The van der Waals surface area contributed by atoms with E-state index in [2.05, 4.69) is 41.4 Å². The van der Waals surface area contributed by atoms with E-state index >= 15 is 0 Å². The molecule has 1 aliphatic carbocycles. The minimum Gasteiger partial charge on any atom is -0.308 e. The molecule has 1 fully saturated rings. The lowest BCUT2D eigenvalue weighted by atomic mass is 10.1. The average Bonchev–Trinajstić information content (AvgIpc) is 3.10. The van der Waals surface area contributed by atoms with Crippen LogP contribution in [0.25, 0.3) is 5.69 Å². The zero-order valence-corrected chi connectivity index (χ0v) is 11.5. The van der Waals surface area contributed by atoms with E-state index in [9.17, 15) is 0 Å². The highest BCUT2D eigenvalue weighted by molar-refractivity contribution is 5.31. The van der Waals surface area contributed by atoms with Gasteiger partial charge in [-0.05, 0) is 37.0 Å². The van der Waals surface area contributed by atoms with E-state index in [4.69, 9.17) is 0 Å². The molecule has 0 radical (unpaired) electrons. The summed E-state index contributed by atoms with van der Waals surface area (Å²) < 4.78 is 1.93. The molecular formula is C15H20N4. The van der Waals surface area contributed by atoms with Crippen molar-refractivity contribution < 1.29 is 0 Å². The van der Waals surface area contributed by atoms with E-state index in [1.165, 1.54) is 12.8 Å². The zero-order chi connectivity index (χ0) is 13.2. The third kappa shape index (κ3) is 3.01. The smallest absolute Gasteiger partial charge is 0.0679 e. The van der Waals surface area contributed by atoms with Crippen LogP contribution in [0.1, 0.15) is 44.0 Å². The molecule has 0 bridgehead atoms. The molecule has 2 aromatic rings. The lowest BCUT2D eigenvalue weighted by Crippen LogP contribution is -2.16. The lowest BCUT2D eigenvalue weighted by molar-refractivity contribution is 0.673. The van der Waals surface area contributed by atoms with Crippen LogP contribution < -0.4 is 5.32 Å². The Labute approximate surface area is 113 Å². The summed E-state index contributed by atoms with van der Waals surface area (Å²) in [6.45, 7) is 5.16. The minimum absolute atomic E-state index is 0.457. The van der Waals surface area contributed by atoms with Gasteiger partial charge in [0.25, 0.3) is 0 Å². The van der Waals surface area contributed by atoms with Crippen molar-refractivity contribution in [3.63, 3.8) is 0 Å². The van der Waals surface area contributed by atoms with Gasteiger partial charge < -0.3 is 5.32 Å². The van der Waals surface area contributed by atoms with Crippen LogP contribution in [0, 0.1) is 0 Å². The lowest BCUT2D eigenvalue weighted by Gasteiger charge is -2.06. The SMILES string of the molecule is CC(C)c1ccn(-c2ccnc(CNC3CC3)c2)n1. The van der Waals surface area contributed by atoms with Crippen molar-refractivity contribution in [3.05, 3.63) is 42.0 Å². The summed E-state index contributed by atoms with van der Waals surface area (Å²) in [4.78, 5) is 4.40. The maximum absolute atomic E-state index is 4.60. The van der Waals surface area contributed by atoms with Gasteiger partial charge in [-0.3, -0.25) is 4.98 Å². The highest BCUT2D eigenvalue weighted by atomic mass is 15.3. The molecule has 1 aliphatic rings. The number of nitrogens with one attached hydrogen (secondary N) is 1. The van der Waals surface area contributed by atoms with Gasteiger partial charge in [0.15, 0.2) is 0 Å². The van der Waals surface area contributed by atoms with Gasteiger partial charge in [0.2, 0.25) is 0 Å². The highest BCUT2D eigenvalue weighted by Gasteiger charge is 2.20. The fourth-order valence-corrected chi connectivity index (χ4v) is 2.03. The van der Waals surface area contributed by atoms with Crippen LogP contribution in [-0.4, -0.2) is 20.8 Å². The Morgan fingerprint density at radius 2 is 2.21 bits per heavy atom. The van der Waals surface area contributed by atoms with Crippen LogP contribution in [-0.2, 0) is 6.54 Å². The molecule has 19 heavy (non-hydrogen) atoms. The second-order valence-electron chi connectivity index (χ2n) is 5.50. The number of rotatable bonds is 5. The second kappa shape index (κ2) is 5.13. The summed E-state index contributed by atoms with van der Waals surface area (Å²) in [6, 6.07) is 6.89. The number of aromatic nitrogens is 3. The van der Waals surface area contributed by atoms with Gasteiger partial charge in [-0.25, -0.2) is 4.68 Å². The maximum atomic E-state index is 4.60. The van der Waals surface area contributed by atoms with Crippen LogP contribution in [0.5, 0.6) is 0 Å². The Kier molecular flexibility index (Phi) is 3.34. The molecule has 0 unspecified atom stereocenters. The van der Waals surface area contributed by atoms with Crippen LogP contribution in [0.3, 0.4) is 0 Å². The monoisotopic (exact) mass is 256 g/mol. The Balaban J connectivity index is 1.76. The molecule has 0 atom stereocenters. The summed E-state index contributed by atoms with van der Waals surface area (Å²) in [7, 11) is 0. The standard InChI is InChI=1S/C15H20N4/c1-11(2)15-6-8-19(18-15)14-5-7-16-13(9-14)10-17-12-3-4-12/h5-9,11-12,17H,3-4,10H2,1-2H3. The van der Waals surface area contributed by atoms with Crippen molar-refractivity contribution in [1.29, 1.82) is 0 Å². The van der Waals surface area contributed by atoms with Gasteiger partial charge in [-0.15, -0.1) is 0 Å². The van der Waals surface area contributed by atoms with Gasteiger partial charge in [0.05, 0.1) is 17.1 Å². The van der Waals surface area contributed by atoms with Gasteiger partial charge in [-0.2, -0.15) is 5.10 Å². The summed E-state index contributed by atoms with van der Waals surface area (Å²) >= 11 is 0. The van der Waals surface area contributed by atoms with Crippen LogP contribution in [0.15, 0.2) is 30.6 Å². The molecular weight excluding hydrogens is 236 g/mol. The Morgan fingerprint density at radius 3 is 2.89 bits per heavy atom. The first-order valence-electron chi connectivity index (χ1n) is 6.96. The van der Waals surface area contributed by atoms with Crippen molar-refractivity contribution in [1.82, 2.24) is 20.1 Å². The summed E-state index contributed by atoms with van der Waals surface area (Å²) in [5, 5.41) is 8.08. The summed E-state index contributed by atoms with van der Waals surface area (Å²) in [5.74, 6) is 0.457. The first-order chi connectivity index (χ1) is 9.22. The van der Waals surface area contributed by atoms with Gasteiger partial charge in [0.1, 0.15) is 0 Å². The quantitative estimate of drug-likeness (QED) is 0.894. The topological polar surface area (TPSA) is 42.7 Å². The molecule has 0 amide bonds. The number of pyridine rings is 1. The highest BCUT2D eigenvalue weighted by Crippen LogP contribution is 2.19. The van der Waals surface area contributed by atoms with Crippen molar-refractivity contribution in [2.24, 2.45) is 0 Å². The first kappa shape index (κ1) is 12.4. The Morgan fingerprint density at radius 1 is 1.37 bits per heavy atom. The predicted molar refractivity (Wildman–Crippen MR) is 75.3 cm³/mol. The molecule has 0 spiro atoms. The molecule has 100 valence electrons. The number of nitrogens with zero attached hydrogens (tertiary/aromatic N) is 3. The minimum atomic E-state index is 0.457. The predicted octanol–water partition coefficient (Wildman–Crippen LogP) is 2.64. The summed E-state index contributed by atoms with van der Waals surface area (Å²) in [5.41, 5.74) is 3.27. The van der Waals surface area contributed by atoms with E-state index in [-0.39, 0.29) is 0 Å². The van der Waals surface area contributed by atoms with E-state index in [1.807, 2.05) is 23.1 Å². The van der Waals surface area contributed by atoms with E-state index in [0.29, 0.717) is 12.0 Å². The van der Waals surface area contributed by atoms with E-state index in [1.54, 1.807) is 0 Å². The molecule has 1 N–H and O–H groups in total. The average molecular weight is 256 g/mol. The van der Waals surface area contributed by atoms with Crippen LogP contribution in [0.2, 0.25) is 0 Å². The Bertz CT molecular complexity index is 555. The van der Waals surface area contributed by atoms with Crippen molar-refractivity contribution in [2.45, 2.75) is 45.2 Å². The molecule has 2 heterocycles. The third-order valence-electron chi connectivity index (χ3n) is 3.42. The second-order valence-corrected chi connectivity index (χ2v) is 5.50. The number of hydrogen-bond acceptors (Lipinski definition) is 3. The molecule has 0 aliphatic heterocycles. The van der Waals surface area contributed by atoms with Crippen LogP contribution >= 0.6 is 0 Å². The molecule has 2 aromatic heterocycles. The van der Waals surface area contributed by atoms with Crippen LogP contribution in [0.4, 0.5) is 0 Å². The molecule has 0 aromatic carbocycles. The van der Waals surface area contributed by atoms with Crippen molar-refractivity contribution in [3.8, 4) is 5.69 Å². The third-order valence-corrected chi connectivity index (χ3v) is 3.42. The number of hydrogen-bond donors (Lipinski definition) is 1. The van der Waals surface area contributed by atoms with E-state index < -0.39 is 0 Å². The van der Waals surface area contributed by atoms with E-state index in [0.717, 1.165) is 23.6 Å². The largest absolute Gasteiger partial charge is 0.308 e. The van der Waals surface area contributed by atoms with Crippen molar-refractivity contribution in [2.75, 3.05) is 0 Å².